The summed E-state index contributed by atoms with van der Waals surface area (Å²) in [4.78, 5) is 21.2. The molecule has 0 rings (SSSR count). The molecule has 0 aliphatic carbocycles. The van der Waals surface area contributed by atoms with Gasteiger partial charge in [-0.15, -0.1) is 0 Å². The van der Waals surface area contributed by atoms with Crippen molar-refractivity contribution in [1.29, 1.82) is 0 Å². The normalized spacial score (nSPS) is 8.71. The van der Waals surface area contributed by atoms with Gasteiger partial charge in [0, 0.05) is 26.2 Å². The van der Waals surface area contributed by atoms with Crippen molar-refractivity contribution in [2.45, 2.75) is 0 Å². The number of hydrogen-bond acceptors (Lipinski definition) is 6. The van der Waals surface area contributed by atoms with Gasteiger partial charge in [-0.3, -0.25) is 4.90 Å². The summed E-state index contributed by atoms with van der Waals surface area (Å²) in [7, 11) is 0. The maximum absolute atomic E-state index is 10.1. The van der Waals surface area contributed by atoms with Gasteiger partial charge in [0.1, 0.15) is 0 Å². The molecule has 8 heteroatoms. The first-order valence-corrected chi connectivity index (χ1v) is 3.38. The summed E-state index contributed by atoms with van der Waals surface area (Å²) in [6, 6.07) is 0. The minimum Gasteiger partial charge on any atom is -0.549 e. The molecule has 2 N–H and O–H groups in total. The van der Waals surface area contributed by atoms with E-state index in [9.17, 15) is 19.8 Å². The minimum absolute atomic E-state index is 0. The topological polar surface area (TPSA) is 110 Å². The smallest absolute Gasteiger partial charge is 0.549 e. The molecule has 0 aromatic heterocycles. The van der Waals surface area contributed by atoms with E-state index in [-0.39, 0.29) is 72.2 Å². The predicted octanol–water partition coefficient (Wildman–Crippen LogP) is -10.2. The molecule has 0 bridgehead atoms. The fourth-order valence-corrected chi connectivity index (χ4v) is 0.762. The molecule has 0 aliphatic heterocycles. The Morgan fingerprint density at radius 2 is 1.43 bits per heavy atom. The standard InChI is InChI=1S/C6H12N2O4.2Na/c7-1-2-8(3-5(9)10)4-6(11)12;;/h1-4,7H2,(H,9,10)(H,11,12);;/q;2*+1/p-2. The summed E-state index contributed by atoms with van der Waals surface area (Å²) in [6.07, 6.45) is 0. The van der Waals surface area contributed by atoms with Crippen LogP contribution in [0.3, 0.4) is 0 Å². The van der Waals surface area contributed by atoms with Gasteiger partial charge in [-0.05, 0) is 0 Å². The summed E-state index contributed by atoms with van der Waals surface area (Å²) >= 11 is 0. The molecule has 0 fully saturated rings. The van der Waals surface area contributed by atoms with Gasteiger partial charge in [0.15, 0.2) is 0 Å². The third-order valence-electron chi connectivity index (χ3n) is 1.15. The van der Waals surface area contributed by atoms with Crippen LogP contribution in [-0.2, 0) is 9.59 Å². The summed E-state index contributed by atoms with van der Waals surface area (Å²) in [5.74, 6) is -2.66. The maximum Gasteiger partial charge on any atom is 1.00 e. The SMILES string of the molecule is NCCN(CC(=O)[O-])CC(=O)[O-].[Na+].[Na+]. The molecule has 0 radical (unpaired) electrons. The Morgan fingerprint density at radius 3 is 1.64 bits per heavy atom. The molecule has 0 amide bonds. The molecule has 0 aromatic carbocycles. The summed E-state index contributed by atoms with van der Waals surface area (Å²) in [5.41, 5.74) is 5.11. The monoisotopic (exact) mass is 220 g/mol. The van der Waals surface area contributed by atoms with Crippen molar-refractivity contribution in [2.75, 3.05) is 26.2 Å². The Bertz CT molecular complexity index is 163. The van der Waals surface area contributed by atoms with E-state index < -0.39 is 25.0 Å². The Balaban J connectivity index is -0.000000605. The van der Waals surface area contributed by atoms with E-state index in [2.05, 4.69) is 0 Å². The Hall–Kier alpha value is 0.860. The van der Waals surface area contributed by atoms with Gasteiger partial charge >= 0.3 is 59.1 Å². The van der Waals surface area contributed by atoms with Crippen LogP contribution in [0, 0.1) is 0 Å². The Kier molecular flexibility index (Phi) is 17.3. The third kappa shape index (κ3) is 12.9. The zero-order valence-electron chi connectivity index (χ0n) is 8.49. The molecule has 0 saturated carbocycles. The van der Waals surface area contributed by atoms with Gasteiger partial charge in [0.05, 0.1) is 11.9 Å². The number of carbonyl (C=O) groups excluding carboxylic acids is 2. The fourth-order valence-electron chi connectivity index (χ4n) is 0.762. The van der Waals surface area contributed by atoms with Crippen molar-refractivity contribution in [3.63, 3.8) is 0 Å². The van der Waals surface area contributed by atoms with Crippen molar-refractivity contribution < 1.29 is 78.9 Å². The van der Waals surface area contributed by atoms with Crippen LogP contribution in [0.2, 0.25) is 0 Å². The van der Waals surface area contributed by atoms with Crippen LogP contribution < -0.4 is 75.1 Å². The van der Waals surface area contributed by atoms with Crippen LogP contribution in [0.15, 0.2) is 0 Å². The van der Waals surface area contributed by atoms with Gasteiger partial charge in [-0.1, -0.05) is 0 Å². The largest absolute Gasteiger partial charge is 1.00 e. The number of nitrogens with zero attached hydrogens (tertiary/aromatic N) is 1. The summed E-state index contributed by atoms with van der Waals surface area (Å²) < 4.78 is 0. The van der Waals surface area contributed by atoms with E-state index in [0.29, 0.717) is 0 Å². The Morgan fingerprint density at radius 1 is 1.07 bits per heavy atom. The van der Waals surface area contributed by atoms with Crippen molar-refractivity contribution >= 4 is 11.9 Å². The zero-order valence-corrected chi connectivity index (χ0v) is 12.5. The average Bonchev–Trinajstić information content (AvgIpc) is 1.84. The molecule has 0 aromatic rings. The first-order chi connectivity index (χ1) is 5.56. The Labute approximate surface area is 126 Å². The molecule has 0 aliphatic rings. The summed E-state index contributed by atoms with van der Waals surface area (Å²) in [5, 5.41) is 20.1. The molecule has 0 spiro atoms. The van der Waals surface area contributed by atoms with Gasteiger partial charge in [-0.25, -0.2) is 0 Å². The molecule has 6 nitrogen and oxygen atoms in total. The number of rotatable bonds is 6. The maximum atomic E-state index is 10.1. The number of nitrogens with two attached hydrogens (primary N) is 1. The van der Waals surface area contributed by atoms with E-state index in [1.54, 1.807) is 0 Å². The van der Waals surface area contributed by atoms with Crippen LogP contribution in [0.25, 0.3) is 0 Å². The van der Waals surface area contributed by atoms with E-state index in [1.165, 1.54) is 0 Å². The van der Waals surface area contributed by atoms with E-state index in [1.807, 2.05) is 0 Å². The molecule has 0 unspecified atom stereocenters. The number of carboxylic acid groups (broad SMARTS) is 2. The number of hydrogen-bond donors (Lipinski definition) is 1. The van der Waals surface area contributed by atoms with E-state index in [0.717, 1.165) is 4.90 Å². The first kappa shape index (κ1) is 20.3. The van der Waals surface area contributed by atoms with Crippen molar-refractivity contribution in [1.82, 2.24) is 4.90 Å². The summed E-state index contributed by atoms with van der Waals surface area (Å²) in [6.45, 7) is -0.487. The van der Waals surface area contributed by atoms with Gasteiger partial charge in [0.25, 0.3) is 0 Å². The second kappa shape index (κ2) is 11.9. The van der Waals surface area contributed by atoms with E-state index in [4.69, 9.17) is 5.73 Å². The number of carboxylic acids is 2. The number of carbonyl (C=O) groups is 2. The fraction of sp³-hybridized carbons (Fsp3) is 0.667. The van der Waals surface area contributed by atoms with Crippen LogP contribution >= 0.6 is 0 Å². The molecule has 14 heavy (non-hydrogen) atoms. The van der Waals surface area contributed by atoms with Crippen LogP contribution in [0.5, 0.6) is 0 Å². The van der Waals surface area contributed by atoms with Gasteiger partial charge < -0.3 is 25.5 Å². The zero-order chi connectivity index (χ0) is 9.56. The van der Waals surface area contributed by atoms with Gasteiger partial charge in [0.2, 0.25) is 0 Å². The van der Waals surface area contributed by atoms with Crippen LogP contribution in [0.1, 0.15) is 0 Å². The molecule has 70 valence electrons. The quantitative estimate of drug-likeness (QED) is 0.445. The van der Waals surface area contributed by atoms with Crippen molar-refractivity contribution in [2.24, 2.45) is 5.73 Å². The third-order valence-corrected chi connectivity index (χ3v) is 1.15. The van der Waals surface area contributed by atoms with Crippen molar-refractivity contribution in [3.05, 3.63) is 0 Å². The molecule has 0 saturated heterocycles. The van der Waals surface area contributed by atoms with Crippen LogP contribution in [-0.4, -0.2) is 43.0 Å². The van der Waals surface area contributed by atoms with Gasteiger partial charge in [-0.2, -0.15) is 0 Å². The second-order valence-electron chi connectivity index (χ2n) is 2.24. The van der Waals surface area contributed by atoms with Crippen LogP contribution in [0.4, 0.5) is 0 Å². The van der Waals surface area contributed by atoms with Crippen molar-refractivity contribution in [3.8, 4) is 0 Å². The molecule has 0 heterocycles. The minimum atomic E-state index is -1.33. The second-order valence-corrected chi connectivity index (χ2v) is 2.24. The first-order valence-electron chi connectivity index (χ1n) is 3.38. The molecule has 0 atom stereocenters. The number of aliphatic carboxylic acids is 2. The van der Waals surface area contributed by atoms with E-state index >= 15 is 0 Å². The predicted molar refractivity (Wildman–Crippen MR) is 35.5 cm³/mol. The average molecular weight is 220 g/mol. The molecular formula is C6H10N2Na2O4. The molecular weight excluding hydrogens is 210 g/mol.